The Hall–Kier alpha value is -2.04. The van der Waals surface area contributed by atoms with Crippen LogP contribution in [0.4, 0.5) is 4.79 Å². The molecule has 134 valence electrons. The number of nitrogens with zero attached hydrogens (tertiary/aromatic N) is 2. The number of urea groups is 1. The Morgan fingerprint density at radius 1 is 1.00 bits per heavy atom. The van der Waals surface area contributed by atoms with Gasteiger partial charge in [0, 0.05) is 37.6 Å². The Morgan fingerprint density at radius 3 is 2.36 bits per heavy atom. The highest BCUT2D eigenvalue weighted by Crippen LogP contribution is 2.37. The number of fused-ring (bicyclic) bond motifs is 2. The predicted octanol–water partition coefficient (Wildman–Crippen LogP) is 2.56. The Balaban J connectivity index is 1.24. The third-order valence-corrected chi connectivity index (χ3v) is 6.03. The van der Waals surface area contributed by atoms with Gasteiger partial charge in [-0.25, -0.2) is 4.79 Å². The molecule has 1 aromatic rings. The fourth-order valence-electron chi connectivity index (χ4n) is 4.65. The van der Waals surface area contributed by atoms with Crippen molar-refractivity contribution in [2.75, 3.05) is 13.1 Å². The lowest BCUT2D eigenvalue weighted by Gasteiger charge is -2.25. The largest absolute Gasteiger partial charge is 0.341 e. The zero-order valence-electron chi connectivity index (χ0n) is 14.7. The second kappa shape index (κ2) is 7.06. The van der Waals surface area contributed by atoms with Gasteiger partial charge in [-0.2, -0.15) is 0 Å². The van der Waals surface area contributed by atoms with E-state index in [1.54, 1.807) is 0 Å². The first-order valence-electron chi connectivity index (χ1n) is 9.61. The molecule has 0 spiro atoms. The number of nitrogens with one attached hydrogen (secondary N) is 1. The fraction of sp³-hybridized carbons (Fsp3) is 0.600. The maximum atomic E-state index is 12.6. The minimum atomic E-state index is 0.0913. The molecule has 2 bridgehead atoms. The maximum absolute atomic E-state index is 12.6. The van der Waals surface area contributed by atoms with E-state index in [1.165, 1.54) is 5.56 Å². The van der Waals surface area contributed by atoms with Gasteiger partial charge in [0.15, 0.2) is 0 Å². The molecule has 1 atom stereocenters. The number of amides is 3. The van der Waals surface area contributed by atoms with Crippen molar-refractivity contribution in [1.29, 1.82) is 0 Å². The molecule has 0 radical (unpaired) electrons. The van der Waals surface area contributed by atoms with Gasteiger partial charge in [-0.3, -0.25) is 4.79 Å². The topological polar surface area (TPSA) is 52.7 Å². The number of carbonyl (C=O) groups excluding carboxylic acids is 2. The molecule has 1 unspecified atom stereocenters. The first-order valence-corrected chi connectivity index (χ1v) is 9.61. The molecule has 3 saturated heterocycles. The summed E-state index contributed by atoms with van der Waals surface area (Å²) in [5, 5.41) is 3.17. The SMILES string of the molecule is O=C(CCc1ccccc1)N1CCC(NC(=O)N2C3CCC2CC3)C1. The van der Waals surface area contributed by atoms with E-state index in [0.29, 0.717) is 25.0 Å². The van der Waals surface area contributed by atoms with Crippen LogP contribution in [0.15, 0.2) is 30.3 Å². The number of benzene rings is 1. The van der Waals surface area contributed by atoms with E-state index in [0.717, 1.165) is 45.1 Å². The van der Waals surface area contributed by atoms with Crippen LogP contribution >= 0.6 is 0 Å². The second-order valence-corrected chi connectivity index (χ2v) is 7.63. The van der Waals surface area contributed by atoms with Crippen LogP contribution in [0.3, 0.4) is 0 Å². The van der Waals surface area contributed by atoms with Crippen molar-refractivity contribution in [3.63, 3.8) is 0 Å². The van der Waals surface area contributed by atoms with Crippen LogP contribution in [0.5, 0.6) is 0 Å². The van der Waals surface area contributed by atoms with Gasteiger partial charge in [0.1, 0.15) is 0 Å². The number of hydrogen-bond donors (Lipinski definition) is 1. The van der Waals surface area contributed by atoms with Crippen LogP contribution in [0.25, 0.3) is 0 Å². The lowest BCUT2D eigenvalue weighted by atomic mass is 10.0. The predicted molar refractivity (Wildman–Crippen MR) is 96.2 cm³/mol. The third-order valence-electron chi connectivity index (χ3n) is 6.03. The zero-order valence-corrected chi connectivity index (χ0v) is 14.7. The van der Waals surface area contributed by atoms with E-state index < -0.39 is 0 Å². The third kappa shape index (κ3) is 3.51. The van der Waals surface area contributed by atoms with Gasteiger partial charge in [0.2, 0.25) is 5.91 Å². The van der Waals surface area contributed by atoms with Crippen molar-refractivity contribution >= 4 is 11.9 Å². The molecular formula is C20H27N3O2. The van der Waals surface area contributed by atoms with E-state index in [9.17, 15) is 9.59 Å². The number of hydrogen-bond acceptors (Lipinski definition) is 2. The van der Waals surface area contributed by atoms with E-state index in [-0.39, 0.29) is 18.0 Å². The molecule has 3 aliphatic rings. The van der Waals surface area contributed by atoms with Crippen molar-refractivity contribution < 1.29 is 9.59 Å². The van der Waals surface area contributed by atoms with Crippen molar-refractivity contribution in [3.8, 4) is 0 Å². The molecule has 5 nitrogen and oxygen atoms in total. The molecule has 3 fully saturated rings. The van der Waals surface area contributed by atoms with E-state index in [4.69, 9.17) is 0 Å². The van der Waals surface area contributed by atoms with Gasteiger partial charge in [-0.15, -0.1) is 0 Å². The Labute approximate surface area is 149 Å². The summed E-state index contributed by atoms with van der Waals surface area (Å²) >= 11 is 0. The summed E-state index contributed by atoms with van der Waals surface area (Å²) in [7, 11) is 0. The summed E-state index contributed by atoms with van der Waals surface area (Å²) in [5.74, 6) is 0.196. The summed E-state index contributed by atoms with van der Waals surface area (Å²) in [6.07, 6.45) is 6.83. The smallest absolute Gasteiger partial charge is 0.318 e. The molecular weight excluding hydrogens is 314 g/mol. The second-order valence-electron chi connectivity index (χ2n) is 7.63. The molecule has 25 heavy (non-hydrogen) atoms. The first kappa shape index (κ1) is 16.4. The van der Waals surface area contributed by atoms with E-state index >= 15 is 0 Å². The van der Waals surface area contributed by atoms with Crippen LogP contribution in [-0.2, 0) is 11.2 Å². The minimum absolute atomic E-state index is 0.0913. The maximum Gasteiger partial charge on any atom is 0.318 e. The molecule has 1 N–H and O–H groups in total. The average Bonchev–Trinajstić information content (AvgIpc) is 3.36. The van der Waals surface area contributed by atoms with Crippen LogP contribution in [0, 0.1) is 0 Å². The molecule has 3 aliphatic heterocycles. The number of aryl methyl sites for hydroxylation is 1. The summed E-state index contributed by atoms with van der Waals surface area (Å²) in [6.45, 7) is 1.41. The monoisotopic (exact) mass is 341 g/mol. The minimum Gasteiger partial charge on any atom is -0.341 e. The standard InChI is InChI=1S/C20H27N3O2/c24-19(11-6-15-4-2-1-3-5-15)22-13-12-16(14-22)21-20(25)23-17-7-8-18(23)10-9-17/h1-5,16-18H,6-14H2,(H,21,25). The lowest BCUT2D eigenvalue weighted by molar-refractivity contribution is -0.130. The Morgan fingerprint density at radius 2 is 1.68 bits per heavy atom. The van der Waals surface area contributed by atoms with Crippen LogP contribution in [0.2, 0.25) is 0 Å². The first-order chi connectivity index (χ1) is 12.2. The molecule has 4 rings (SSSR count). The van der Waals surface area contributed by atoms with Gasteiger partial charge in [0.05, 0.1) is 0 Å². The molecule has 3 heterocycles. The van der Waals surface area contributed by atoms with Crippen LogP contribution in [0.1, 0.15) is 44.1 Å². The summed E-state index contributed by atoms with van der Waals surface area (Å²) in [5.41, 5.74) is 1.20. The van der Waals surface area contributed by atoms with Gasteiger partial charge in [-0.05, 0) is 44.1 Å². The number of likely N-dealkylation sites (tertiary alicyclic amines) is 1. The molecule has 1 aromatic carbocycles. The van der Waals surface area contributed by atoms with Gasteiger partial charge in [0.25, 0.3) is 0 Å². The highest BCUT2D eigenvalue weighted by atomic mass is 16.2. The highest BCUT2D eigenvalue weighted by Gasteiger charge is 2.42. The molecule has 3 amide bonds. The number of rotatable bonds is 4. The Bertz CT molecular complexity index is 613. The average molecular weight is 341 g/mol. The van der Waals surface area contributed by atoms with E-state index in [2.05, 4.69) is 22.3 Å². The van der Waals surface area contributed by atoms with Gasteiger partial charge < -0.3 is 15.1 Å². The van der Waals surface area contributed by atoms with Crippen molar-refractivity contribution in [1.82, 2.24) is 15.1 Å². The zero-order chi connectivity index (χ0) is 17.2. The fourth-order valence-corrected chi connectivity index (χ4v) is 4.65. The van der Waals surface area contributed by atoms with Gasteiger partial charge in [-0.1, -0.05) is 30.3 Å². The van der Waals surface area contributed by atoms with Gasteiger partial charge >= 0.3 is 6.03 Å². The molecule has 0 aliphatic carbocycles. The van der Waals surface area contributed by atoms with Crippen LogP contribution < -0.4 is 5.32 Å². The Kier molecular flexibility index (Phi) is 4.64. The lowest BCUT2D eigenvalue weighted by Crippen LogP contribution is -2.48. The molecule has 5 heteroatoms. The summed E-state index contributed by atoms with van der Waals surface area (Å²) < 4.78 is 0. The molecule has 0 saturated carbocycles. The van der Waals surface area contributed by atoms with Crippen molar-refractivity contribution in [2.45, 2.75) is 63.1 Å². The molecule has 0 aromatic heterocycles. The van der Waals surface area contributed by atoms with Crippen molar-refractivity contribution in [2.24, 2.45) is 0 Å². The highest BCUT2D eigenvalue weighted by molar-refractivity contribution is 5.78. The number of carbonyl (C=O) groups is 2. The normalized spacial score (nSPS) is 27.8. The van der Waals surface area contributed by atoms with Crippen molar-refractivity contribution in [3.05, 3.63) is 35.9 Å². The summed E-state index contributed by atoms with van der Waals surface area (Å²) in [4.78, 5) is 29.0. The quantitative estimate of drug-likeness (QED) is 0.915. The van der Waals surface area contributed by atoms with E-state index in [1.807, 2.05) is 23.1 Å². The summed E-state index contributed by atoms with van der Waals surface area (Å²) in [6, 6.07) is 11.2. The van der Waals surface area contributed by atoms with Crippen LogP contribution in [-0.4, -0.2) is 53.0 Å².